The summed E-state index contributed by atoms with van der Waals surface area (Å²) in [6.45, 7) is 9.27. The van der Waals surface area contributed by atoms with Crippen LogP contribution < -0.4 is 15.2 Å². The normalized spacial score (nSPS) is 13.9. The average Bonchev–Trinajstić information content (AvgIpc) is 2.90. The highest BCUT2D eigenvalue weighted by Gasteiger charge is 2.29. The molecule has 1 aliphatic rings. The van der Waals surface area contributed by atoms with E-state index in [2.05, 4.69) is 5.10 Å². The van der Waals surface area contributed by atoms with Crippen molar-refractivity contribution in [2.24, 2.45) is 0 Å². The SMILES string of the molecule is COc1ccc(-c2nn(CCCc3ccc(F)cc3)c(=O)c(N3CCN(C(=O)OC(C)(C)C)CC3)c2C)cc1F. The molecule has 0 spiro atoms. The van der Waals surface area contributed by atoms with Crippen LogP contribution in [0.5, 0.6) is 5.75 Å². The lowest BCUT2D eigenvalue weighted by Gasteiger charge is -2.37. The van der Waals surface area contributed by atoms with Crippen molar-refractivity contribution in [3.63, 3.8) is 0 Å². The van der Waals surface area contributed by atoms with Gasteiger partial charge >= 0.3 is 6.09 Å². The second kappa shape index (κ2) is 12.1. The highest BCUT2D eigenvalue weighted by molar-refractivity contribution is 5.71. The van der Waals surface area contributed by atoms with Crippen molar-refractivity contribution in [3.05, 3.63) is 75.6 Å². The van der Waals surface area contributed by atoms with Gasteiger partial charge in [0.1, 0.15) is 17.1 Å². The molecule has 3 aromatic rings. The maximum Gasteiger partial charge on any atom is 0.410 e. The summed E-state index contributed by atoms with van der Waals surface area (Å²) in [6, 6.07) is 10.9. The summed E-state index contributed by atoms with van der Waals surface area (Å²) in [6.07, 6.45) is 0.855. The van der Waals surface area contributed by atoms with E-state index in [1.165, 1.54) is 36.1 Å². The third kappa shape index (κ3) is 6.78. The summed E-state index contributed by atoms with van der Waals surface area (Å²) >= 11 is 0. The first-order chi connectivity index (χ1) is 19.0. The highest BCUT2D eigenvalue weighted by Crippen LogP contribution is 2.30. The highest BCUT2D eigenvalue weighted by atomic mass is 19.1. The Morgan fingerprint density at radius 2 is 1.70 bits per heavy atom. The number of carbonyl (C=O) groups is 1. The molecule has 0 saturated carbocycles. The van der Waals surface area contributed by atoms with Crippen molar-refractivity contribution in [3.8, 4) is 17.0 Å². The van der Waals surface area contributed by atoms with E-state index in [1.807, 2.05) is 32.6 Å². The Kier molecular flexibility index (Phi) is 8.76. The second-order valence-electron chi connectivity index (χ2n) is 10.9. The molecular weight excluding hydrogens is 518 g/mol. The Morgan fingerprint density at radius 3 is 2.30 bits per heavy atom. The van der Waals surface area contributed by atoms with Gasteiger partial charge in [0.05, 0.1) is 12.8 Å². The lowest BCUT2D eigenvalue weighted by Crippen LogP contribution is -2.51. The first-order valence-corrected chi connectivity index (χ1v) is 13.4. The summed E-state index contributed by atoms with van der Waals surface area (Å²) in [5.74, 6) is -0.705. The van der Waals surface area contributed by atoms with E-state index in [0.717, 1.165) is 5.56 Å². The van der Waals surface area contributed by atoms with Crippen LogP contribution in [-0.2, 0) is 17.7 Å². The number of methoxy groups -OCH3 is 1. The summed E-state index contributed by atoms with van der Waals surface area (Å²) in [5, 5.41) is 4.65. The van der Waals surface area contributed by atoms with E-state index in [9.17, 15) is 18.4 Å². The van der Waals surface area contributed by atoms with E-state index < -0.39 is 11.4 Å². The monoisotopic (exact) mass is 554 g/mol. The summed E-state index contributed by atoms with van der Waals surface area (Å²) in [5.41, 5.74) is 2.24. The molecule has 2 aromatic carbocycles. The second-order valence-corrected chi connectivity index (χ2v) is 10.9. The maximum atomic E-state index is 14.6. The number of amides is 1. The Morgan fingerprint density at radius 1 is 1.02 bits per heavy atom. The molecule has 0 atom stereocenters. The Hall–Kier alpha value is -3.95. The molecule has 0 bridgehead atoms. The molecule has 1 amide bonds. The number of ether oxygens (including phenoxy) is 2. The molecule has 4 rings (SSSR count). The number of carbonyl (C=O) groups excluding carboxylic acids is 1. The third-order valence-electron chi connectivity index (χ3n) is 6.79. The van der Waals surface area contributed by atoms with Crippen LogP contribution >= 0.6 is 0 Å². The van der Waals surface area contributed by atoms with Gasteiger partial charge in [-0.2, -0.15) is 5.10 Å². The lowest BCUT2D eigenvalue weighted by atomic mass is 10.0. The molecule has 1 saturated heterocycles. The molecule has 214 valence electrons. The predicted octanol–water partition coefficient (Wildman–Crippen LogP) is 5.20. The number of aryl methyl sites for hydroxylation is 2. The molecule has 2 heterocycles. The molecule has 0 unspecified atom stereocenters. The Balaban J connectivity index is 1.64. The lowest BCUT2D eigenvalue weighted by molar-refractivity contribution is 0.0240. The van der Waals surface area contributed by atoms with Gasteiger partial charge in [0.25, 0.3) is 5.56 Å². The minimum atomic E-state index is -0.597. The molecule has 1 fully saturated rings. The van der Waals surface area contributed by atoms with E-state index in [4.69, 9.17) is 9.47 Å². The van der Waals surface area contributed by atoms with Crippen LogP contribution in [0.4, 0.5) is 19.3 Å². The smallest absolute Gasteiger partial charge is 0.410 e. The first-order valence-electron chi connectivity index (χ1n) is 13.4. The Bertz CT molecular complexity index is 1410. The molecule has 10 heteroatoms. The fourth-order valence-electron chi connectivity index (χ4n) is 4.77. The average molecular weight is 555 g/mol. The van der Waals surface area contributed by atoms with Crippen molar-refractivity contribution in [1.29, 1.82) is 0 Å². The molecule has 8 nitrogen and oxygen atoms in total. The largest absolute Gasteiger partial charge is 0.494 e. The maximum absolute atomic E-state index is 14.6. The van der Waals surface area contributed by atoms with E-state index in [1.54, 1.807) is 23.1 Å². The number of halogens is 2. The third-order valence-corrected chi connectivity index (χ3v) is 6.79. The van der Waals surface area contributed by atoms with Crippen LogP contribution in [-0.4, -0.2) is 59.7 Å². The number of nitrogens with zero attached hydrogens (tertiary/aromatic N) is 4. The number of benzene rings is 2. The molecule has 0 aliphatic carbocycles. The number of hydrogen-bond acceptors (Lipinski definition) is 6. The zero-order valence-corrected chi connectivity index (χ0v) is 23.7. The minimum absolute atomic E-state index is 0.118. The van der Waals surface area contributed by atoms with Gasteiger partial charge in [0.2, 0.25) is 0 Å². The predicted molar refractivity (Wildman–Crippen MR) is 150 cm³/mol. The molecule has 1 aromatic heterocycles. The summed E-state index contributed by atoms with van der Waals surface area (Å²) < 4.78 is 39.9. The van der Waals surface area contributed by atoms with Crippen molar-refractivity contribution in [2.45, 2.75) is 52.7 Å². The van der Waals surface area contributed by atoms with Gasteiger partial charge in [-0.3, -0.25) is 4.79 Å². The number of rotatable bonds is 7. The van der Waals surface area contributed by atoms with Crippen molar-refractivity contribution in [1.82, 2.24) is 14.7 Å². The van der Waals surface area contributed by atoms with Crippen molar-refractivity contribution in [2.75, 3.05) is 38.2 Å². The molecule has 0 N–H and O–H groups in total. The standard InChI is InChI=1S/C30H36F2N4O4/c1-20-26(22-10-13-25(39-5)24(32)19-22)33-36(14-6-7-21-8-11-23(31)12-9-21)28(37)27(20)34-15-17-35(18-16-34)29(38)40-30(2,3)4/h8-13,19H,6-7,14-18H2,1-5H3. The summed E-state index contributed by atoms with van der Waals surface area (Å²) in [7, 11) is 1.40. The number of piperazine rings is 1. The van der Waals surface area contributed by atoms with Gasteiger partial charge < -0.3 is 19.3 Å². The van der Waals surface area contributed by atoms with Gasteiger partial charge in [-0.15, -0.1) is 0 Å². The van der Waals surface area contributed by atoms with Crippen molar-refractivity contribution >= 4 is 11.8 Å². The topological polar surface area (TPSA) is 76.9 Å². The van der Waals surface area contributed by atoms with Crippen molar-refractivity contribution < 1.29 is 23.0 Å². The quantitative estimate of drug-likeness (QED) is 0.400. The Labute approximate surface area is 233 Å². The number of hydrogen-bond donors (Lipinski definition) is 0. The zero-order chi connectivity index (χ0) is 29.0. The van der Waals surface area contributed by atoms with Gasteiger partial charge in [-0.1, -0.05) is 12.1 Å². The number of aromatic nitrogens is 2. The van der Waals surface area contributed by atoms with Crippen LogP contribution in [0.15, 0.2) is 47.3 Å². The van der Waals surface area contributed by atoms with Gasteiger partial charge in [-0.05, 0) is 76.4 Å². The van der Waals surface area contributed by atoms with Gasteiger partial charge in [0.15, 0.2) is 11.6 Å². The fraction of sp³-hybridized carbons (Fsp3) is 0.433. The molecule has 0 radical (unpaired) electrons. The van der Waals surface area contributed by atoms with E-state index >= 15 is 0 Å². The molecule has 40 heavy (non-hydrogen) atoms. The van der Waals surface area contributed by atoms with Crippen LogP contribution in [0, 0.1) is 18.6 Å². The molecule has 1 aliphatic heterocycles. The van der Waals surface area contributed by atoms with Gasteiger partial charge in [-0.25, -0.2) is 18.3 Å². The molecular formula is C30H36F2N4O4. The number of anilines is 1. The van der Waals surface area contributed by atoms with Crippen LogP contribution in [0.2, 0.25) is 0 Å². The van der Waals surface area contributed by atoms with Crippen LogP contribution in [0.1, 0.15) is 38.3 Å². The minimum Gasteiger partial charge on any atom is -0.494 e. The van der Waals surface area contributed by atoms with Crippen LogP contribution in [0.3, 0.4) is 0 Å². The first kappa shape index (κ1) is 29.0. The van der Waals surface area contributed by atoms with E-state index in [0.29, 0.717) is 68.1 Å². The fourth-order valence-corrected chi connectivity index (χ4v) is 4.77. The zero-order valence-electron chi connectivity index (χ0n) is 23.7. The van der Waals surface area contributed by atoms with Crippen LogP contribution in [0.25, 0.3) is 11.3 Å². The van der Waals surface area contributed by atoms with E-state index in [-0.39, 0.29) is 23.2 Å². The summed E-state index contributed by atoms with van der Waals surface area (Å²) in [4.78, 5) is 29.9. The van der Waals surface area contributed by atoms with Gasteiger partial charge in [0, 0.05) is 43.9 Å².